The van der Waals surface area contributed by atoms with Gasteiger partial charge in [0, 0.05) is 11.1 Å². The minimum Gasteiger partial charge on any atom is -0.477 e. The summed E-state index contributed by atoms with van der Waals surface area (Å²) in [6, 6.07) is 16.9. The van der Waals surface area contributed by atoms with Gasteiger partial charge in [-0.15, -0.1) is 0 Å². The van der Waals surface area contributed by atoms with Gasteiger partial charge in [0.2, 0.25) is 6.79 Å². The molecule has 3 aromatic carbocycles. The van der Waals surface area contributed by atoms with Crippen molar-refractivity contribution < 1.29 is 27.8 Å². The van der Waals surface area contributed by atoms with E-state index in [-0.39, 0.29) is 17.4 Å². The van der Waals surface area contributed by atoms with Crippen molar-refractivity contribution in [2.45, 2.75) is 25.2 Å². The number of para-hydroxylation sites is 1. The Balaban J connectivity index is 1.91. The summed E-state index contributed by atoms with van der Waals surface area (Å²) in [5.41, 5.74) is 2.64. The van der Waals surface area contributed by atoms with Crippen LogP contribution < -0.4 is 13.8 Å². The van der Waals surface area contributed by atoms with Crippen LogP contribution in [0.4, 0.5) is 5.69 Å². The maximum Gasteiger partial charge on any atom is 0.354 e. The van der Waals surface area contributed by atoms with E-state index in [9.17, 15) is 18.3 Å². The Morgan fingerprint density at radius 1 is 1.06 bits per heavy atom. The third kappa shape index (κ3) is 3.17. The molecule has 0 bridgehead atoms. The molecule has 7 nitrogen and oxygen atoms in total. The smallest absolute Gasteiger partial charge is 0.354 e. The number of aryl methyl sites for hydroxylation is 2. The van der Waals surface area contributed by atoms with Crippen LogP contribution in [0.25, 0.3) is 5.57 Å². The predicted molar refractivity (Wildman–Crippen MR) is 123 cm³/mol. The average molecular weight is 464 g/mol. The van der Waals surface area contributed by atoms with Crippen LogP contribution in [0, 0.1) is 6.92 Å². The molecule has 0 saturated heterocycles. The standard InChI is InChI=1S/C25H21NO6S/c1-3-16-12-17(13-20-24(16)32-14-31-20)22-18-9-5-7-11-21(18)33(29,30)26(23(22)25(27)28)19-10-6-4-8-15(19)2/h4-13H,3,14H2,1-2H3,(H,27,28). The Morgan fingerprint density at radius 2 is 1.79 bits per heavy atom. The number of aliphatic carboxylic acids is 1. The molecule has 168 valence electrons. The number of hydrogen-bond donors (Lipinski definition) is 1. The van der Waals surface area contributed by atoms with Gasteiger partial charge in [-0.1, -0.05) is 43.3 Å². The minimum atomic E-state index is -4.18. The molecule has 0 amide bonds. The molecule has 0 unspecified atom stereocenters. The molecule has 8 heteroatoms. The van der Waals surface area contributed by atoms with Crippen molar-refractivity contribution in [3.05, 3.63) is 88.6 Å². The molecular formula is C25H21NO6S. The monoisotopic (exact) mass is 463 g/mol. The first-order valence-electron chi connectivity index (χ1n) is 10.5. The van der Waals surface area contributed by atoms with E-state index in [1.54, 1.807) is 55.5 Å². The number of benzene rings is 3. The summed E-state index contributed by atoms with van der Waals surface area (Å²) in [4.78, 5) is 12.7. The summed E-state index contributed by atoms with van der Waals surface area (Å²) in [5, 5.41) is 10.4. The zero-order valence-corrected chi connectivity index (χ0v) is 18.8. The molecule has 2 heterocycles. The van der Waals surface area contributed by atoms with E-state index >= 15 is 0 Å². The van der Waals surface area contributed by atoms with Gasteiger partial charge in [-0.25, -0.2) is 17.5 Å². The molecule has 0 atom stereocenters. The summed E-state index contributed by atoms with van der Waals surface area (Å²) >= 11 is 0. The van der Waals surface area contributed by atoms with Crippen LogP contribution in [0.15, 0.2) is 71.3 Å². The second-order valence-corrected chi connectivity index (χ2v) is 9.56. The maximum absolute atomic E-state index is 13.7. The number of carbonyl (C=O) groups is 1. The molecule has 33 heavy (non-hydrogen) atoms. The van der Waals surface area contributed by atoms with Crippen molar-refractivity contribution in [1.29, 1.82) is 0 Å². The molecule has 0 radical (unpaired) electrons. The van der Waals surface area contributed by atoms with E-state index in [0.717, 1.165) is 9.87 Å². The van der Waals surface area contributed by atoms with Gasteiger partial charge in [0.05, 0.1) is 10.6 Å². The Labute approximate surface area is 191 Å². The number of nitrogens with zero attached hydrogens (tertiary/aromatic N) is 1. The summed E-state index contributed by atoms with van der Waals surface area (Å²) in [5.74, 6) is -0.205. The molecule has 0 fully saturated rings. The number of anilines is 1. The third-order valence-electron chi connectivity index (χ3n) is 5.87. The maximum atomic E-state index is 13.7. The highest BCUT2D eigenvalue weighted by Gasteiger charge is 2.42. The fourth-order valence-corrected chi connectivity index (χ4v) is 6.13. The second kappa shape index (κ2) is 7.67. The Hall–Kier alpha value is -3.78. The van der Waals surface area contributed by atoms with Crippen LogP contribution in [0.1, 0.15) is 29.2 Å². The van der Waals surface area contributed by atoms with Crippen molar-refractivity contribution >= 4 is 27.3 Å². The van der Waals surface area contributed by atoms with Crippen LogP contribution >= 0.6 is 0 Å². The molecule has 0 spiro atoms. The molecule has 1 N–H and O–H groups in total. The number of carboxylic acid groups (broad SMARTS) is 1. The number of rotatable bonds is 4. The van der Waals surface area contributed by atoms with Crippen LogP contribution in [-0.2, 0) is 21.2 Å². The topological polar surface area (TPSA) is 93.1 Å². The summed E-state index contributed by atoms with van der Waals surface area (Å²) < 4.78 is 39.6. The molecule has 0 aromatic heterocycles. The van der Waals surface area contributed by atoms with Gasteiger partial charge < -0.3 is 14.6 Å². The fourth-order valence-electron chi connectivity index (χ4n) is 4.36. The first-order chi connectivity index (χ1) is 15.8. The zero-order valence-electron chi connectivity index (χ0n) is 18.0. The van der Waals surface area contributed by atoms with Gasteiger partial charge in [0.1, 0.15) is 0 Å². The predicted octanol–water partition coefficient (Wildman–Crippen LogP) is 4.34. The third-order valence-corrected chi connectivity index (χ3v) is 7.64. The highest BCUT2D eigenvalue weighted by atomic mass is 32.2. The summed E-state index contributed by atoms with van der Waals surface area (Å²) in [6.45, 7) is 3.80. The minimum absolute atomic E-state index is 0.0453. The van der Waals surface area contributed by atoms with Crippen LogP contribution in [0.3, 0.4) is 0 Å². The van der Waals surface area contributed by atoms with Gasteiger partial charge in [0.15, 0.2) is 17.2 Å². The van der Waals surface area contributed by atoms with Gasteiger partial charge >= 0.3 is 5.97 Å². The van der Waals surface area contributed by atoms with E-state index in [1.165, 1.54) is 6.07 Å². The Bertz CT molecular complexity index is 1440. The SMILES string of the molecule is CCc1cc(C2=C(C(=O)O)N(c3ccccc3C)S(=O)(=O)c3ccccc32)cc2c1OCO2. The van der Waals surface area contributed by atoms with Gasteiger partial charge in [-0.05, 0) is 54.3 Å². The van der Waals surface area contributed by atoms with Crippen molar-refractivity contribution in [2.24, 2.45) is 0 Å². The normalized spacial score (nSPS) is 16.0. The summed E-state index contributed by atoms with van der Waals surface area (Å²) in [6.07, 6.45) is 0.636. The Kier molecular flexibility index (Phi) is 4.90. The summed E-state index contributed by atoms with van der Waals surface area (Å²) in [7, 11) is -4.18. The number of ether oxygens (including phenoxy) is 2. The zero-order chi connectivity index (χ0) is 23.3. The van der Waals surface area contributed by atoms with Crippen molar-refractivity contribution in [2.75, 3.05) is 11.1 Å². The first-order valence-corrected chi connectivity index (χ1v) is 11.9. The number of hydrogen-bond acceptors (Lipinski definition) is 5. The Morgan fingerprint density at radius 3 is 2.52 bits per heavy atom. The van der Waals surface area contributed by atoms with Crippen molar-refractivity contribution in [3.8, 4) is 11.5 Å². The lowest BCUT2D eigenvalue weighted by Gasteiger charge is -2.33. The van der Waals surface area contributed by atoms with E-state index < -0.39 is 16.0 Å². The van der Waals surface area contributed by atoms with Gasteiger partial charge in [-0.3, -0.25) is 0 Å². The first kappa shape index (κ1) is 21.1. The van der Waals surface area contributed by atoms with Crippen LogP contribution in [0.5, 0.6) is 11.5 Å². The second-order valence-electron chi connectivity index (χ2n) is 7.80. The lowest BCUT2D eigenvalue weighted by atomic mass is 9.92. The molecular weight excluding hydrogens is 442 g/mol. The number of sulfonamides is 1. The molecule has 5 rings (SSSR count). The largest absolute Gasteiger partial charge is 0.477 e. The average Bonchev–Trinajstić information content (AvgIpc) is 3.27. The van der Waals surface area contributed by atoms with E-state index in [1.807, 2.05) is 13.0 Å². The lowest BCUT2D eigenvalue weighted by molar-refractivity contribution is -0.132. The molecule has 2 aliphatic rings. The highest BCUT2D eigenvalue weighted by Crippen LogP contribution is 2.46. The molecule has 2 aliphatic heterocycles. The van der Waals surface area contributed by atoms with Crippen LogP contribution in [-0.4, -0.2) is 26.3 Å². The molecule has 3 aromatic rings. The highest BCUT2D eigenvalue weighted by molar-refractivity contribution is 7.93. The van der Waals surface area contributed by atoms with Gasteiger partial charge in [0.25, 0.3) is 10.0 Å². The van der Waals surface area contributed by atoms with Crippen molar-refractivity contribution in [1.82, 2.24) is 0 Å². The van der Waals surface area contributed by atoms with Crippen LogP contribution in [0.2, 0.25) is 0 Å². The van der Waals surface area contributed by atoms with E-state index in [0.29, 0.717) is 45.9 Å². The van der Waals surface area contributed by atoms with E-state index in [2.05, 4.69) is 0 Å². The van der Waals surface area contributed by atoms with Gasteiger partial charge in [-0.2, -0.15) is 0 Å². The molecule has 0 aliphatic carbocycles. The quantitative estimate of drug-likeness (QED) is 0.619. The molecule has 0 saturated carbocycles. The van der Waals surface area contributed by atoms with E-state index in [4.69, 9.17) is 9.47 Å². The number of carboxylic acids is 1. The van der Waals surface area contributed by atoms with Crippen molar-refractivity contribution in [3.63, 3.8) is 0 Å². The lowest BCUT2D eigenvalue weighted by Crippen LogP contribution is -2.38. The fraction of sp³-hybridized carbons (Fsp3) is 0.160. The number of fused-ring (bicyclic) bond motifs is 2.